The highest BCUT2D eigenvalue weighted by Gasteiger charge is 2.32. The summed E-state index contributed by atoms with van der Waals surface area (Å²) in [6.45, 7) is 0.129. The summed E-state index contributed by atoms with van der Waals surface area (Å²) in [6, 6.07) is 5.83. The van der Waals surface area contributed by atoms with Gasteiger partial charge in [-0.3, -0.25) is 4.79 Å². The molecule has 0 spiro atoms. The average Bonchev–Trinajstić information content (AvgIpc) is 2.40. The number of carbonyl (C=O) groups is 1. The molecule has 96 valence electrons. The number of halogens is 1. The summed E-state index contributed by atoms with van der Waals surface area (Å²) < 4.78 is 5.46. The van der Waals surface area contributed by atoms with Crippen LogP contribution < -0.4 is 9.64 Å². The molecule has 1 aromatic carbocycles. The van der Waals surface area contributed by atoms with Crippen molar-refractivity contribution in [3.63, 3.8) is 0 Å². The molecule has 1 fully saturated rings. The molecular weight excluding hydrogens is 250 g/mol. The van der Waals surface area contributed by atoms with Gasteiger partial charge in [-0.1, -0.05) is 30.9 Å². The lowest BCUT2D eigenvalue weighted by Crippen LogP contribution is -2.46. The number of fused-ring (bicyclic) bond motifs is 1. The molecule has 0 atom stereocenters. The van der Waals surface area contributed by atoms with Crippen LogP contribution in [0, 0.1) is 0 Å². The molecule has 1 aliphatic carbocycles. The molecule has 1 aliphatic heterocycles. The highest BCUT2D eigenvalue weighted by molar-refractivity contribution is 6.30. The van der Waals surface area contributed by atoms with Gasteiger partial charge in [0.15, 0.2) is 6.61 Å². The Kier molecular flexibility index (Phi) is 3.16. The van der Waals surface area contributed by atoms with Gasteiger partial charge in [-0.15, -0.1) is 0 Å². The maximum Gasteiger partial charge on any atom is 0.265 e. The predicted molar refractivity (Wildman–Crippen MR) is 71.3 cm³/mol. The monoisotopic (exact) mass is 265 g/mol. The fourth-order valence-corrected chi connectivity index (χ4v) is 3.05. The largest absolute Gasteiger partial charge is 0.482 e. The maximum atomic E-state index is 12.1. The van der Waals surface area contributed by atoms with Gasteiger partial charge in [0.05, 0.1) is 5.69 Å². The number of amides is 1. The lowest BCUT2D eigenvalue weighted by atomic mass is 9.93. The average molecular weight is 266 g/mol. The Balaban J connectivity index is 1.95. The highest BCUT2D eigenvalue weighted by atomic mass is 35.5. The smallest absolute Gasteiger partial charge is 0.265 e. The van der Waals surface area contributed by atoms with Crippen molar-refractivity contribution in [3.05, 3.63) is 23.2 Å². The Morgan fingerprint density at radius 2 is 2.00 bits per heavy atom. The molecule has 0 bridgehead atoms. The van der Waals surface area contributed by atoms with Gasteiger partial charge in [0, 0.05) is 17.1 Å². The predicted octanol–water partition coefficient (Wildman–Crippen LogP) is 3.40. The molecule has 3 nitrogen and oxygen atoms in total. The number of benzene rings is 1. The van der Waals surface area contributed by atoms with Crippen molar-refractivity contribution in [2.45, 2.75) is 38.1 Å². The third-order valence-electron chi connectivity index (χ3n) is 3.74. The van der Waals surface area contributed by atoms with E-state index < -0.39 is 0 Å². The van der Waals surface area contributed by atoms with Crippen molar-refractivity contribution in [3.8, 4) is 5.75 Å². The summed E-state index contributed by atoms with van der Waals surface area (Å²) in [5, 5.41) is 0.645. The number of hydrogen-bond acceptors (Lipinski definition) is 2. The van der Waals surface area contributed by atoms with Crippen LogP contribution in [0.5, 0.6) is 5.75 Å². The van der Waals surface area contributed by atoms with Crippen LogP contribution in [0.3, 0.4) is 0 Å². The molecule has 18 heavy (non-hydrogen) atoms. The molecule has 0 aromatic heterocycles. The first-order valence-electron chi connectivity index (χ1n) is 6.50. The molecule has 3 rings (SSSR count). The summed E-state index contributed by atoms with van der Waals surface area (Å²) in [5.74, 6) is 0.796. The first-order valence-corrected chi connectivity index (χ1v) is 6.88. The lowest BCUT2D eigenvalue weighted by molar-refractivity contribution is -0.122. The molecular formula is C14H16ClNO2. The zero-order valence-corrected chi connectivity index (χ0v) is 10.9. The Labute approximate surface area is 112 Å². The van der Waals surface area contributed by atoms with E-state index >= 15 is 0 Å². The fraction of sp³-hybridized carbons (Fsp3) is 0.500. The quantitative estimate of drug-likeness (QED) is 0.779. The zero-order chi connectivity index (χ0) is 12.5. The van der Waals surface area contributed by atoms with Crippen molar-refractivity contribution >= 4 is 23.2 Å². The van der Waals surface area contributed by atoms with E-state index in [9.17, 15) is 4.79 Å². The summed E-state index contributed by atoms with van der Waals surface area (Å²) in [5.41, 5.74) is 0.877. The van der Waals surface area contributed by atoms with Gasteiger partial charge >= 0.3 is 0 Å². The maximum absolute atomic E-state index is 12.1. The second-order valence-electron chi connectivity index (χ2n) is 4.96. The number of carbonyl (C=O) groups excluding carboxylic acids is 1. The van der Waals surface area contributed by atoms with Crippen LogP contribution in [0.25, 0.3) is 0 Å². The van der Waals surface area contributed by atoms with E-state index in [4.69, 9.17) is 16.3 Å². The lowest BCUT2D eigenvalue weighted by Gasteiger charge is -2.37. The van der Waals surface area contributed by atoms with Crippen LogP contribution in [0.15, 0.2) is 18.2 Å². The van der Waals surface area contributed by atoms with Crippen LogP contribution in [0.2, 0.25) is 5.02 Å². The zero-order valence-electron chi connectivity index (χ0n) is 10.2. The third kappa shape index (κ3) is 2.07. The second kappa shape index (κ2) is 4.81. The van der Waals surface area contributed by atoms with Gasteiger partial charge in [0.1, 0.15) is 5.75 Å². The molecule has 0 radical (unpaired) electrons. The number of ether oxygens (including phenoxy) is 1. The van der Waals surface area contributed by atoms with Crippen molar-refractivity contribution in [1.29, 1.82) is 0 Å². The van der Waals surface area contributed by atoms with Crippen LogP contribution in [-0.4, -0.2) is 18.6 Å². The Bertz CT molecular complexity index is 469. The van der Waals surface area contributed by atoms with Crippen molar-refractivity contribution in [2.24, 2.45) is 0 Å². The van der Waals surface area contributed by atoms with E-state index in [1.165, 1.54) is 19.3 Å². The molecule has 1 amide bonds. The number of rotatable bonds is 1. The molecule has 4 heteroatoms. The van der Waals surface area contributed by atoms with Crippen LogP contribution in [-0.2, 0) is 4.79 Å². The van der Waals surface area contributed by atoms with E-state index in [1.54, 1.807) is 6.07 Å². The molecule has 1 aromatic rings. The number of anilines is 1. The standard InChI is InChI=1S/C14H16ClNO2/c15-10-6-7-12-13(8-10)18-9-14(17)16(12)11-4-2-1-3-5-11/h6-8,11H,1-5,9H2. The van der Waals surface area contributed by atoms with Gasteiger partial charge in [-0.2, -0.15) is 0 Å². The summed E-state index contributed by atoms with van der Waals surface area (Å²) in [4.78, 5) is 14.0. The molecule has 2 aliphatic rings. The summed E-state index contributed by atoms with van der Waals surface area (Å²) >= 11 is 5.96. The molecule has 0 unspecified atom stereocenters. The second-order valence-corrected chi connectivity index (χ2v) is 5.39. The molecule has 1 saturated carbocycles. The third-order valence-corrected chi connectivity index (χ3v) is 3.98. The number of hydrogen-bond donors (Lipinski definition) is 0. The topological polar surface area (TPSA) is 29.5 Å². The Morgan fingerprint density at radius 3 is 2.78 bits per heavy atom. The van der Waals surface area contributed by atoms with Crippen molar-refractivity contribution in [2.75, 3.05) is 11.5 Å². The van der Waals surface area contributed by atoms with Gasteiger partial charge < -0.3 is 9.64 Å². The van der Waals surface area contributed by atoms with Gasteiger partial charge in [-0.05, 0) is 25.0 Å². The summed E-state index contributed by atoms with van der Waals surface area (Å²) in [7, 11) is 0. The molecule has 1 heterocycles. The number of nitrogens with zero attached hydrogens (tertiary/aromatic N) is 1. The minimum atomic E-state index is 0.0664. The van der Waals surface area contributed by atoms with E-state index in [2.05, 4.69) is 0 Å². The van der Waals surface area contributed by atoms with Gasteiger partial charge in [-0.25, -0.2) is 0 Å². The van der Waals surface area contributed by atoms with E-state index in [0.717, 1.165) is 24.3 Å². The highest BCUT2D eigenvalue weighted by Crippen LogP contribution is 2.38. The Morgan fingerprint density at radius 1 is 1.22 bits per heavy atom. The van der Waals surface area contributed by atoms with Crippen molar-refractivity contribution in [1.82, 2.24) is 0 Å². The fourth-order valence-electron chi connectivity index (χ4n) is 2.89. The van der Waals surface area contributed by atoms with Gasteiger partial charge in [0.25, 0.3) is 5.91 Å². The molecule has 0 N–H and O–H groups in total. The molecule has 0 saturated heterocycles. The first-order chi connectivity index (χ1) is 8.75. The SMILES string of the molecule is O=C1COc2cc(Cl)ccc2N1C1CCCCC1. The first kappa shape index (κ1) is 11.8. The summed E-state index contributed by atoms with van der Waals surface area (Å²) in [6.07, 6.45) is 5.88. The van der Waals surface area contributed by atoms with Crippen LogP contribution in [0.4, 0.5) is 5.69 Å². The van der Waals surface area contributed by atoms with E-state index in [1.807, 2.05) is 17.0 Å². The minimum absolute atomic E-state index is 0.0664. The van der Waals surface area contributed by atoms with Crippen LogP contribution >= 0.6 is 11.6 Å². The van der Waals surface area contributed by atoms with E-state index in [0.29, 0.717) is 11.1 Å². The Hall–Kier alpha value is -1.22. The van der Waals surface area contributed by atoms with Gasteiger partial charge in [0.2, 0.25) is 0 Å². The normalized spacial score (nSPS) is 20.5. The van der Waals surface area contributed by atoms with Crippen LogP contribution in [0.1, 0.15) is 32.1 Å². The minimum Gasteiger partial charge on any atom is -0.482 e. The van der Waals surface area contributed by atoms with Crippen molar-refractivity contribution < 1.29 is 9.53 Å². The van der Waals surface area contributed by atoms with E-state index in [-0.39, 0.29) is 12.5 Å².